The molecule has 0 saturated heterocycles. The minimum Gasteiger partial charge on any atom is -0.484 e. The number of anilines is 1. The molecule has 5 nitrogen and oxygen atoms in total. The maximum atomic E-state index is 12.9. The zero-order valence-corrected chi connectivity index (χ0v) is 13.9. The number of amides is 1. The monoisotopic (exact) mass is 359 g/mol. The molecule has 0 bridgehead atoms. The molecule has 0 radical (unpaired) electrons. The van der Waals surface area contributed by atoms with Gasteiger partial charge in [0.1, 0.15) is 16.6 Å². The van der Waals surface area contributed by atoms with Crippen molar-refractivity contribution in [2.24, 2.45) is 0 Å². The second-order valence-electron chi connectivity index (χ2n) is 5.30. The molecular formula is C18H15ClFN3O2. The lowest BCUT2D eigenvalue weighted by atomic mass is 10.2. The van der Waals surface area contributed by atoms with Gasteiger partial charge >= 0.3 is 0 Å². The Hall–Kier alpha value is -2.86. The lowest BCUT2D eigenvalue weighted by Crippen LogP contribution is -2.20. The van der Waals surface area contributed by atoms with Crippen LogP contribution in [0.15, 0.2) is 60.8 Å². The lowest BCUT2D eigenvalue weighted by molar-refractivity contribution is -0.118. The average molecular weight is 360 g/mol. The van der Waals surface area contributed by atoms with E-state index in [0.717, 1.165) is 5.56 Å². The van der Waals surface area contributed by atoms with Crippen molar-refractivity contribution in [2.45, 2.75) is 6.54 Å². The van der Waals surface area contributed by atoms with Gasteiger partial charge in [0.2, 0.25) is 0 Å². The first-order valence-corrected chi connectivity index (χ1v) is 7.93. The number of carbonyl (C=O) groups excluding carboxylic acids is 1. The van der Waals surface area contributed by atoms with Crippen LogP contribution in [-0.4, -0.2) is 22.3 Å². The summed E-state index contributed by atoms with van der Waals surface area (Å²) in [4.78, 5) is 12.0. The molecule has 0 spiro atoms. The van der Waals surface area contributed by atoms with E-state index in [1.54, 1.807) is 35.1 Å². The predicted molar refractivity (Wildman–Crippen MR) is 93.3 cm³/mol. The van der Waals surface area contributed by atoms with Gasteiger partial charge in [-0.15, -0.1) is 0 Å². The number of carbonyl (C=O) groups is 1. The van der Waals surface area contributed by atoms with E-state index in [0.29, 0.717) is 17.3 Å². The van der Waals surface area contributed by atoms with E-state index in [4.69, 9.17) is 16.3 Å². The van der Waals surface area contributed by atoms with Crippen LogP contribution >= 0.6 is 11.6 Å². The molecule has 25 heavy (non-hydrogen) atoms. The SMILES string of the molecule is O=C(COc1ccccc1)Nc1nn(Cc2ccc(F)cc2)cc1Cl. The predicted octanol–water partition coefficient (Wildman–Crippen LogP) is 3.74. The van der Waals surface area contributed by atoms with E-state index in [9.17, 15) is 9.18 Å². The fraction of sp³-hybridized carbons (Fsp3) is 0.111. The van der Waals surface area contributed by atoms with Crippen molar-refractivity contribution < 1.29 is 13.9 Å². The minimum absolute atomic E-state index is 0.148. The quantitative estimate of drug-likeness (QED) is 0.729. The van der Waals surface area contributed by atoms with Gasteiger partial charge in [-0.2, -0.15) is 5.10 Å². The summed E-state index contributed by atoms with van der Waals surface area (Å²) >= 11 is 6.10. The number of nitrogens with one attached hydrogen (secondary N) is 1. The Morgan fingerprint density at radius 3 is 2.60 bits per heavy atom. The molecule has 3 rings (SSSR count). The van der Waals surface area contributed by atoms with Crippen LogP contribution in [-0.2, 0) is 11.3 Å². The van der Waals surface area contributed by atoms with Crippen LogP contribution in [0.25, 0.3) is 0 Å². The first-order valence-electron chi connectivity index (χ1n) is 7.55. The van der Waals surface area contributed by atoms with E-state index in [1.807, 2.05) is 18.2 Å². The first kappa shape index (κ1) is 17.0. The normalized spacial score (nSPS) is 10.5. The van der Waals surface area contributed by atoms with Gasteiger partial charge in [-0.05, 0) is 29.8 Å². The Labute approximate surface area is 149 Å². The molecule has 1 N–H and O–H groups in total. The molecule has 0 aliphatic heterocycles. The molecule has 0 unspecified atom stereocenters. The highest BCUT2D eigenvalue weighted by atomic mass is 35.5. The Bertz CT molecular complexity index is 851. The standard InChI is InChI=1S/C18H15ClFN3O2/c19-16-11-23(10-13-6-8-14(20)9-7-13)22-18(16)21-17(24)12-25-15-4-2-1-3-5-15/h1-9,11H,10,12H2,(H,21,22,24). The van der Waals surface area contributed by atoms with Crippen molar-refractivity contribution in [1.82, 2.24) is 9.78 Å². The molecule has 7 heteroatoms. The van der Waals surface area contributed by atoms with E-state index in [-0.39, 0.29) is 24.1 Å². The maximum Gasteiger partial charge on any atom is 0.263 e. The largest absolute Gasteiger partial charge is 0.484 e. The second kappa shape index (κ2) is 7.81. The van der Waals surface area contributed by atoms with Crippen LogP contribution in [0.3, 0.4) is 0 Å². The molecule has 0 aliphatic carbocycles. The molecule has 2 aromatic carbocycles. The Kier molecular flexibility index (Phi) is 5.30. The average Bonchev–Trinajstić information content (AvgIpc) is 2.95. The van der Waals surface area contributed by atoms with E-state index in [2.05, 4.69) is 10.4 Å². The number of hydrogen-bond donors (Lipinski definition) is 1. The van der Waals surface area contributed by atoms with E-state index < -0.39 is 0 Å². The third-order valence-corrected chi connectivity index (χ3v) is 3.62. The van der Waals surface area contributed by atoms with Crippen molar-refractivity contribution in [2.75, 3.05) is 11.9 Å². The molecule has 0 fully saturated rings. The molecule has 0 atom stereocenters. The van der Waals surface area contributed by atoms with Crippen molar-refractivity contribution in [3.63, 3.8) is 0 Å². The molecule has 1 aromatic heterocycles. The highest BCUT2D eigenvalue weighted by Crippen LogP contribution is 2.20. The number of benzene rings is 2. The van der Waals surface area contributed by atoms with Crippen molar-refractivity contribution >= 4 is 23.3 Å². The number of para-hydroxylation sites is 1. The Morgan fingerprint density at radius 2 is 1.88 bits per heavy atom. The maximum absolute atomic E-state index is 12.9. The lowest BCUT2D eigenvalue weighted by Gasteiger charge is -2.06. The Balaban J connectivity index is 1.58. The summed E-state index contributed by atoms with van der Waals surface area (Å²) in [6.45, 7) is 0.265. The van der Waals surface area contributed by atoms with Gasteiger partial charge in [0.05, 0.1) is 6.54 Å². The van der Waals surface area contributed by atoms with Crippen LogP contribution in [0.5, 0.6) is 5.75 Å². The summed E-state index contributed by atoms with van der Waals surface area (Å²) < 4.78 is 19.9. The number of halogens is 2. The number of rotatable bonds is 6. The molecule has 1 amide bonds. The van der Waals surface area contributed by atoms with Crippen LogP contribution in [0, 0.1) is 5.82 Å². The van der Waals surface area contributed by atoms with Crippen LogP contribution in [0.4, 0.5) is 10.2 Å². The molecular weight excluding hydrogens is 345 g/mol. The van der Waals surface area contributed by atoms with Crippen molar-refractivity contribution in [3.8, 4) is 5.75 Å². The number of nitrogens with zero attached hydrogens (tertiary/aromatic N) is 2. The van der Waals surface area contributed by atoms with E-state index >= 15 is 0 Å². The molecule has 3 aromatic rings. The zero-order chi connectivity index (χ0) is 17.6. The number of hydrogen-bond acceptors (Lipinski definition) is 3. The fourth-order valence-corrected chi connectivity index (χ4v) is 2.37. The topological polar surface area (TPSA) is 56.1 Å². The van der Waals surface area contributed by atoms with Gasteiger partial charge in [-0.3, -0.25) is 9.48 Å². The smallest absolute Gasteiger partial charge is 0.263 e. The van der Waals surface area contributed by atoms with Crippen LogP contribution in [0.1, 0.15) is 5.56 Å². The summed E-state index contributed by atoms with van der Waals surface area (Å²) in [5, 5.41) is 7.15. The highest BCUT2D eigenvalue weighted by Gasteiger charge is 2.11. The number of ether oxygens (including phenoxy) is 1. The molecule has 0 saturated carbocycles. The third-order valence-electron chi connectivity index (χ3n) is 3.35. The van der Waals surface area contributed by atoms with Crippen molar-refractivity contribution in [1.29, 1.82) is 0 Å². The number of aromatic nitrogens is 2. The molecule has 128 valence electrons. The zero-order valence-electron chi connectivity index (χ0n) is 13.2. The van der Waals surface area contributed by atoms with Crippen LogP contribution < -0.4 is 10.1 Å². The van der Waals surface area contributed by atoms with Gasteiger partial charge in [0.25, 0.3) is 5.91 Å². The fourth-order valence-electron chi connectivity index (χ4n) is 2.17. The summed E-state index contributed by atoms with van der Waals surface area (Å²) in [6.07, 6.45) is 1.60. The summed E-state index contributed by atoms with van der Waals surface area (Å²) in [5.41, 5.74) is 0.867. The van der Waals surface area contributed by atoms with E-state index in [1.165, 1.54) is 12.1 Å². The van der Waals surface area contributed by atoms with Gasteiger partial charge < -0.3 is 10.1 Å². The first-order chi connectivity index (χ1) is 12.1. The van der Waals surface area contributed by atoms with Gasteiger partial charge in [-0.1, -0.05) is 41.9 Å². The summed E-state index contributed by atoms with van der Waals surface area (Å²) in [5.74, 6) is 0.197. The second-order valence-corrected chi connectivity index (χ2v) is 5.71. The van der Waals surface area contributed by atoms with Crippen molar-refractivity contribution in [3.05, 3.63) is 77.2 Å². The van der Waals surface area contributed by atoms with Gasteiger partial charge in [-0.25, -0.2) is 4.39 Å². The van der Waals surface area contributed by atoms with Gasteiger partial charge in [0, 0.05) is 6.20 Å². The summed E-state index contributed by atoms with van der Waals surface area (Å²) in [7, 11) is 0. The third kappa shape index (κ3) is 4.81. The van der Waals surface area contributed by atoms with Gasteiger partial charge in [0.15, 0.2) is 12.4 Å². The molecule has 1 heterocycles. The summed E-state index contributed by atoms with van der Waals surface area (Å²) in [6, 6.07) is 15.1. The minimum atomic E-state index is -0.363. The molecule has 0 aliphatic rings. The van der Waals surface area contributed by atoms with Crippen LogP contribution in [0.2, 0.25) is 5.02 Å². The highest BCUT2D eigenvalue weighted by molar-refractivity contribution is 6.33. The Morgan fingerprint density at radius 1 is 1.16 bits per heavy atom.